The second-order valence-electron chi connectivity index (χ2n) is 5.97. The second-order valence-corrected chi connectivity index (χ2v) is 6.97. The number of amidine groups is 1. The van der Waals surface area contributed by atoms with E-state index in [1.165, 1.54) is 27.7 Å². The second kappa shape index (κ2) is 5.39. The summed E-state index contributed by atoms with van der Waals surface area (Å²) in [5.41, 5.74) is 1.04. The van der Waals surface area contributed by atoms with Crippen molar-refractivity contribution in [2.45, 2.75) is 12.1 Å². The molecule has 1 N–H and O–H groups in total. The Bertz CT molecular complexity index is 940. The van der Waals surface area contributed by atoms with E-state index in [0.717, 1.165) is 0 Å². The maximum absolute atomic E-state index is 12.7. The maximum atomic E-state index is 12.7. The van der Waals surface area contributed by atoms with Gasteiger partial charge in [0.25, 0.3) is 5.91 Å². The van der Waals surface area contributed by atoms with Crippen LogP contribution >= 0.6 is 0 Å². The molecule has 1 fully saturated rings. The third-order valence-electron chi connectivity index (χ3n) is 4.51. The van der Waals surface area contributed by atoms with Gasteiger partial charge in [-0.2, -0.15) is 18.6 Å². The fraction of sp³-hybridized carbons (Fsp3) is 0.500. The third kappa shape index (κ3) is 2.33. The smallest absolute Gasteiger partial charge is 0.384 e. The topological polar surface area (TPSA) is 147 Å². The molecule has 14 heteroatoms. The number of aromatic nitrogens is 2. The number of hydrogen-bond acceptors (Lipinski definition) is 8. The van der Waals surface area contributed by atoms with Gasteiger partial charge in [0.15, 0.2) is 12.4 Å². The normalized spacial score (nSPS) is 25.3. The summed E-state index contributed by atoms with van der Waals surface area (Å²) in [6, 6.07) is -2.44. The lowest BCUT2D eigenvalue weighted by Crippen LogP contribution is -2.49. The first-order valence-corrected chi connectivity index (χ1v) is 8.80. The first kappa shape index (κ1) is 16.7. The van der Waals surface area contributed by atoms with Crippen molar-refractivity contribution >= 4 is 28.2 Å². The van der Waals surface area contributed by atoms with Crippen LogP contribution < -0.4 is 0 Å². The van der Waals surface area contributed by atoms with E-state index >= 15 is 0 Å². The van der Waals surface area contributed by atoms with Crippen molar-refractivity contribution in [1.29, 1.82) is 0 Å². The number of fused-ring (bicyclic) bond motifs is 4. The Morgan fingerprint density at radius 2 is 2.08 bits per heavy atom. The highest BCUT2D eigenvalue weighted by molar-refractivity contribution is 7.80. The molecular formula is C12H14N6O7S. The Hall–Kier alpha value is -2.71. The summed E-state index contributed by atoms with van der Waals surface area (Å²) in [6.45, 7) is -0.168. The summed E-state index contributed by atoms with van der Waals surface area (Å²) in [4.78, 5) is 32.2. The van der Waals surface area contributed by atoms with Gasteiger partial charge >= 0.3 is 16.4 Å². The summed E-state index contributed by atoms with van der Waals surface area (Å²) in [6.07, 6.45) is 1.47. The Morgan fingerprint density at radius 3 is 2.77 bits per heavy atom. The molecule has 0 unspecified atom stereocenters. The molecule has 3 aliphatic rings. The number of urea groups is 1. The summed E-state index contributed by atoms with van der Waals surface area (Å²) >= 11 is 0. The Balaban J connectivity index is 1.83. The highest BCUT2D eigenvalue weighted by atomic mass is 32.3. The number of nitrogens with zero attached hydrogens (tertiary/aromatic N) is 6. The van der Waals surface area contributed by atoms with Gasteiger partial charge in [0.2, 0.25) is 0 Å². The van der Waals surface area contributed by atoms with Crippen molar-refractivity contribution < 1.29 is 31.7 Å². The van der Waals surface area contributed by atoms with Gasteiger partial charge in [0.05, 0.1) is 18.4 Å². The molecule has 0 radical (unpaired) electrons. The van der Waals surface area contributed by atoms with Gasteiger partial charge in [-0.3, -0.25) is 18.9 Å². The molecule has 0 spiro atoms. The van der Waals surface area contributed by atoms with Crippen molar-refractivity contribution in [1.82, 2.24) is 24.6 Å². The van der Waals surface area contributed by atoms with Crippen molar-refractivity contribution in [3.8, 4) is 0 Å². The lowest BCUT2D eigenvalue weighted by atomic mass is 9.96. The lowest BCUT2D eigenvalue weighted by molar-refractivity contribution is -0.133. The minimum Gasteiger partial charge on any atom is -0.384 e. The van der Waals surface area contributed by atoms with Gasteiger partial charge in [-0.15, -0.1) is 4.28 Å². The van der Waals surface area contributed by atoms with Crippen molar-refractivity contribution in [3.63, 3.8) is 0 Å². The van der Waals surface area contributed by atoms with Crippen LogP contribution in [-0.2, 0) is 31.4 Å². The van der Waals surface area contributed by atoms with E-state index in [1.807, 2.05) is 0 Å². The average molecular weight is 386 g/mol. The molecule has 140 valence electrons. The zero-order valence-corrected chi connectivity index (χ0v) is 14.5. The zero-order chi connectivity index (χ0) is 18.8. The van der Waals surface area contributed by atoms with Crippen LogP contribution in [-0.4, -0.2) is 75.6 Å². The fourth-order valence-corrected chi connectivity index (χ4v) is 3.73. The van der Waals surface area contributed by atoms with E-state index in [0.29, 0.717) is 16.3 Å². The molecule has 0 aliphatic carbocycles. The number of hydroxylamine groups is 2. The largest absolute Gasteiger partial charge is 0.418 e. The number of oxime groups is 1. The maximum Gasteiger partial charge on any atom is 0.418 e. The Kier molecular flexibility index (Phi) is 3.47. The predicted molar refractivity (Wildman–Crippen MR) is 81.4 cm³/mol. The molecule has 1 aromatic rings. The van der Waals surface area contributed by atoms with Crippen LogP contribution in [0.1, 0.15) is 23.3 Å². The Morgan fingerprint density at radius 1 is 1.35 bits per heavy atom. The van der Waals surface area contributed by atoms with Gasteiger partial charge in [-0.25, -0.2) is 4.79 Å². The first-order chi connectivity index (χ1) is 12.2. The van der Waals surface area contributed by atoms with Crippen LogP contribution in [0.25, 0.3) is 0 Å². The molecule has 2 bridgehead atoms. The molecule has 1 saturated heterocycles. The SMILES string of the molecule is CN1C(=O)CON=C1[C@@H]1c2c(cnn2C)[C@@H]2CN1C(=O)N2OS(=O)(=O)O. The molecule has 1 aromatic heterocycles. The minimum absolute atomic E-state index is 0.0543. The first-order valence-electron chi connectivity index (χ1n) is 7.44. The van der Waals surface area contributed by atoms with Crippen LogP contribution in [0.15, 0.2) is 11.4 Å². The minimum atomic E-state index is -4.90. The highest BCUT2D eigenvalue weighted by Gasteiger charge is 2.54. The summed E-state index contributed by atoms with van der Waals surface area (Å²) < 4.78 is 37.2. The van der Waals surface area contributed by atoms with Crippen LogP contribution in [0.4, 0.5) is 4.79 Å². The molecule has 13 nitrogen and oxygen atoms in total. The molecule has 0 saturated carbocycles. The van der Waals surface area contributed by atoms with Gasteiger partial charge < -0.3 is 9.74 Å². The van der Waals surface area contributed by atoms with E-state index in [2.05, 4.69) is 14.5 Å². The molecule has 4 rings (SSSR count). The monoisotopic (exact) mass is 386 g/mol. The summed E-state index contributed by atoms with van der Waals surface area (Å²) in [5, 5.41) is 8.63. The molecule has 4 heterocycles. The van der Waals surface area contributed by atoms with Crippen LogP contribution in [0.3, 0.4) is 0 Å². The molecule has 0 aromatic carbocycles. The standard InChI is InChI=1S/C12H14N6O7S/c1-15-8(19)5-24-14-11(15)10-9-6(3-13-16(9)2)7-4-17(10)12(20)18(7)25-26(21,22)23/h3,7,10H,4-5H2,1-2H3,(H,21,22,23)/t7-,10-/m0/s1. The highest BCUT2D eigenvalue weighted by Crippen LogP contribution is 2.45. The Labute approximate surface area is 147 Å². The number of carbonyl (C=O) groups excluding carboxylic acids is 2. The van der Waals surface area contributed by atoms with Gasteiger partial charge in [0, 0.05) is 19.7 Å². The van der Waals surface area contributed by atoms with Crippen LogP contribution in [0.5, 0.6) is 0 Å². The number of aryl methyl sites for hydroxylation is 1. The molecular weight excluding hydrogens is 372 g/mol. The molecule has 26 heavy (non-hydrogen) atoms. The number of amides is 3. The van der Waals surface area contributed by atoms with E-state index < -0.39 is 28.5 Å². The zero-order valence-electron chi connectivity index (χ0n) is 13.6. The fourth-order valence-electron chi connectivity index (χ4n) is 3.36. The lowest BCUT2D eigenvalue weighted by Gasteiger charge is -2.35. The predicted octanol–water partition coefficient (Wildman–Crippen LogP) is -1.21. The van der Waals surface area contributed by atoms with E-state index in [-0.39, 0.29) is 24.9 Å². The number of likely N-dealkylation sites (N-methyl/N-ethyl adjacent to an activating group) is 1. The van der Waals surface area contributed by atoms with Crippen molar-refractivity contribution in [2.75, 3.05) is 20.2 Å². The molecule has 3 aliphatic heterocycles. The van der Waals surface area contributed by atoms with Crippen LogP contribution in [0, 0.1) is 0 Å². The third-order valence-corrected chi connectivity index (χ3v) is 4.86. The van der Waals surface area contributed by atoms with E-state index in [4.69, 9.17) is 9.39 Å². The number of hydrogen-bond donors (Lipinski definition) is 1. The quantitative estimate of drug-likeness (QED) is 0.637. The van der Waals surface area contributed by atoms with Gasteiger partial charge in [0.1, 0.15) is 12.1 Å². The van der Waals surface area contributed by atoms with Gasteiger partial charge in [-0.05, 0) is 0 Å². The number of carbonyl (C=O) groups is 2. The summed E-state index contributed by atoms with van der Waals surface area (Å²) in [7, 11) is -1.77. The molecule has 3 amide bonds. The van der Waals surface area contributed by atoms with E-state index in [1.54, 1.807) is 7.05 Å². The van der Waals surface area contributed by atoms with Crippen LogP contribution in [0.2, 0.25) is 0 Å². The molecule has 2 atom stereocenters. The van der Waals surface area contributed by atoms with Crippen molar-refractivity contribution in [3.05, 3.63) is 17.5 Å². The average Bonchev–Trinajstić information content (AvgIpc) is 3.06. The summed E-state index contributed by atoms with van der Waals surface area (Å²) in [5.74, 6) is -0.190. The van der Waals surface area contributed by atoms with Gasteiger partial charge in [-0.1, -0.05) is 5.16 Å². The van der Waals surface area contributed by atoms with Crippen molar-refractivity contribution in [2.24, 2.45) is 12.2 Å². The van der Waals surface area contributed by atoms with E-state index in [9.17, 15) is 18.0 Å². The number of rotatable bonds is 3.